The van der Waals surface area contributed by atoms with Crippen LogP contribution in [-0.2, 0) is 12.8 Å². The molecule has 1 aliphatic carbocycles. The van der Waals surface area contributed by atoms with Gasteiger partial charge in [-0.3, -0.25) is 4.79 Å². The summed E-state index contributed by atoms with van der Waals surface area (Å²) in [6.45, 7) is 1.35. The number of piperidine rings is 1. The van der Waals surface area contributed by atoms with Crippen LogP contribution < -0.4 is 5.73 Å². The van der Waals surface area contributed by atoms with Gasteiger partial charge in [0.1, 0.15) is 0 Å². The van der Waals surface area contributed by atoms with Crippen molar-refractivity contribution in [3.05, 3.63) is 45.2 Å². The van der Waals surface area contributed by atoms with Crippen LogP contribution in [0.2, 0.25) is 10.0 Å². The SMILES string of the molecule is Cl.NC1CCCN(C(=O)c2nn(-c3ccc(Cl)cc3Cl)c3c2CCC3)C1. The number of hydrogen-bond donors (Lipinski definition) is 1. The van der Waals surface area contributed by atoms with Gasteiger partial charge in [0.2, 0.25) is 0 Å². The molecule has 1 aromatic carbocycles. The van der Waals surface area contributed by atoms with E-state index in [2.05, 4.69) is 5.10 Å². The number of amides is 1. The molecule has 8 heteroatoms. The highest BCUT2D eigenvalue weighted by Crippen LogP contribution is 2.32. The lowest BCUT2D eigenvalue weighted by Gasteiger charge is -2.30. The second kappa shape index (κ2) is 7.77. The summed E-state index contributed by atoms with van der Waals surface area (Å²) in [6.07, 6.45) is 4.71. The number of carbonyl (C=O) groups is 1. The van der Waals surface area contributed by atoms with Crippen molar-refractivity contribution >= 4 is 41.5 Å². The van der Waals surface area contributed by atoms with Crippen molar-refractivity contribution in [2.75, 3.05) is 13.1 Å². The van der Waals surface area contributed by atoms with Crippen molar-refractivity contribution in [2.45, 2.75) is 38.1 Å². The third kappa shape index (κ3) is 3.46. The van der Waals surface area contributed by atoms with Crippen LogP contribution in [0.25, 0.3) is 5.69 Å². The van der Waals surface area contributed by atoms with Crippen LogP contribution in [0.5, 0.6) is 0 Å². The molecule has 1 aliphatic heterocycles. The number of nitrogens with two attached hydrogens (primary N) is 1. The minimum Gasteiger partial charge on any atom is -0.336 e. The predicted molar refractivity (Wildman–Crippen MR) is 106 cm³/mol. The van der Waals surface area contributed by atoms with E-state index in [1.54, 1.807) is 12.1 Å². The molecule has 0 radical (unpaired) electrons. The van der Waals surface area contributed by atoms with E-state index in [1.165, 1.54) is 0 Å². The van der Waals surface area contributed by atoms with Crippen molar-refractivity contribution in [1.29, 1.82) is 0 Å². The third-order valence-corrected chi connectivity index (χ3v) is 5.55. The van der Waals surface area contributed by atoms with Gasteiger partial charge in [-0.05, 0) is 50.3 Å². The fourth-order valence-corrected chi connectivity index (χ4v) is 4.29. The summed E-state index contributed by atoms with van der Waals surface area (Å²) in [6, 6.07) is 5.39. The van der Waals surface area contributed by atoms with Gasteiger partial charge in [0.25, 0.3) is 5.91 Å². The fourth-order valence-electron chi connectivity index (χ4n) is 3.81. The molecular weight excluding hydrogens is 395 g/mol. The first kappa shape index (κ1) is 19.5. The fraction of sp³-hybridized carbons (Fsp3) is 0.444. The van der Waals surface area contributed by atoms with Crippen LogP contribution in [0, 0.1) is 0 Å². The van der Waals surface area contributed by atoms with Gasteiger partial charge in [0, 0.05) is 35.4 Å². The van der Waals surface area contributed by atoms with Crippen LogP contribution in [0.1, 0.15) is 41.0 Å². The van der Waals surface area contributed by atoms with E-state index >= 15 is 0 Å². The van der Waals surface area contributed by atoms with Gasteiger partial charge in [-0.25, -0.2) is 4.68 Å². The highest BCUT2D eigenvalue weighted by Gasteiger charge is 2.31. The molecule has 26 heavy (non-hydrogen) atoms. The second-order valence-electron chi connectivity index (χ2n) is 6.79. The van der Waals surface area contributed by atoms with E-state index in [4.69, 9.17) is 28.9 Å². The summed E-state index contributed by atoms with van der Waals surface area (Å²) in [5.74, 6) is -0.0165. The van der Waals surface area contributed by atoms with Crippen LogP contribution >= 0.6 is 35.6 Å². The molecule has 1 amide bonds. The topological polar surface area (TPSA) is 64.2 Å². The van der Waals surface area contributed by atoms with E-state index in [0.717, 1.165) is 55.6 Å². The molecule has 4 rings (SSSR count). The first-order valence-electron chi connectivity index (χ1n) is 8.65. The van der Waals surface area contributed by atoms with Gasteiger partial charge in [-0.15, -0.1) is 12.4 Å². The van der Waals surface area contributed by atoms with Gasteiger partial charge in [-0.1, -0.05) is 23.2 Å². The Labute approximate surface area is 168 Å². The standard InChI is InChI=1S/C18H20Cl2N4O.ClH/c19-11-6-7-16(14(20)9-11)24-15-5-1-4-13(15)17(22-24)18(25)23-8-2-3-12(21)10-23;/h6-7,9,12H,1-5,8,10,21H2;1H. The number of benzene rings is 1. The zero-order valence-electron chi connectivity index (χ0n) is 14.3. The molecule has 0 bridgehead atoms. The molecule has 2 aliphatic rings. The van der Waals surface area contributed by atoms with Crippen molar-refractivity contribution in [3.8, 4) is 5.69 Å². The number of rotatable bonds is 2. The molecule has 0 spiro atoms. The van der Waals surface area contributed by atoms with Crippen molar-refractivity contribution in [1.82, 2.24) is 14.7 Å². The van der Waals surface area contributed by atoms with Crippen LogP contribution in [0.4, 0.5) is 0 Å². The van der Waals surface area contributed by atoms with E-state index in [-0.39, 0.29) is 24.4 Å². The zero-order valence-corrected chi connectivity index (χ0v) is 16.6. The van der Waals surface area contributed by atoms with Gasteiger partial charge < -0.3 is 10.6 Å². The predicted octanol–water partition coefficient (Wildman–Crippen LogP) is 3.65. The molecule has 2 N–H and O–H groups in total. The first-order valence-corrected chi connectivity index (χ1v) is 9.41. The molecule has 5 nitrogen and oxygen atoms in total. The minimum absolute atomic E-state index is 0. The monoisotopic (exact) mass is 414 g/mol. The zero-order chi connectivity index (χ0) is 17.6. The number of likely N-dealkylation sites (tertiary alicyclic amines) is 1. The van der Waals surface area contributed by atoms with E-state index in [1.807, 2.05) is 15.6 Å². The van der Waals surface area contributed by atoms with Gasteiger partial charge in [0.05, 0.1) is 10.7 Å². The Morgan fingerprint density at radius 3 is 2.77 bits per heavy atom. The Kier molecular flexibility index (Phi) is 5.82. The van der Waals surface area contributed by atoms with Gasteiger partial charge in [-0.2, -0.15) is 5.10 Å². The maximum Gasteiger partial charge on any atom is 0.274 e. The van der Waals surface area contributed by atoms with E-state index < -0.39 is 0 Å². The van der Waals surface area contributed by atoms with Crippen LogP contribution in [-0.4, -0.2) is 39.7 Å². The summed E-state index contributed by atoms with van der Waals surface area (Å²) < 4.78 is 1.82. The second-order valence-corrected chi connectivity index (χ2v) is 7.63. The maximum absolute atomic E-state index is 13.0. The molecule has 1 unspecified atom stereocenters. The quantitative estimate of drug-likeness (QED) is 0.814. The molecule has 2 aromatic rings. The summed E-state index contributed by atoms with van der Waals surface area (Å²) in [4.78, 5) is 14.9. The van der Waals surface area contributed by atoms with Gasteiger partial charge in [0.15, 0.2) is 5.69 Å². The summed E-state index contributed by atoms with van der Waals surface area (Å²) in [7, 11) is 0. The normalized spacial score (nSPS) is 19.2. The van der Waals surface area contributed by atoms with E-state index in [0.29, 0.717) is 22.3 Å². The highest BCUT2D eigenvalue weighted by molar-refractivity contribution is 6.35. The number of nitrogens with zero attached hydrogens (tertiary/aromatic N) is 3. The summed E-state index contributed by atoms with van der Waals surface area (Å²) >= 11 is 12.4. The smallest absolute Gasteiger partial charge is 0.274 e. The molecule has 1 aromatic heterocycles. The Bertz CT molecular complexity index is 836. The largest absolute Gasteiger partial charge is 0.336 e. The average Bonchev–Trinajstić information content (AvgIpc) is 3.17. The molecule has 140 valence electrons. The highest BCUT2D eigenvalue weighted by atomic mass is 35.5. The number of aromatic nitrogens is 2. The molecule has 1 atom stereocenters. The number of fused-ring (bicyclic) bond motifs is 1. The van der Waals surface area contributed by atoms with Crippen molar-refractivity contribution in [3.63, 3.8) is 0 Å². The average molecular weight is 416 g/mol. The lowest BCUT2D eigenvalue weighted by molar-refractivity contribution is 0.0701. The van der Waals surface area contributed by atoms with Crippen LogP contribution in [0.15, 0.2) is 18.2 Å². The van der Waals surface area contributed by atoms with Gasteiger partial charge >= 0.3 is 0 Å². The number of carbonyl (C=O) groups excluding carboxylic acids is 1. The Morgan fingerprint density at radius 1 is 1.23 bits per heavy atom. The van der Waals surface area contributed by atoms with Crippen LogP contribution in [0.3, 0.4) is 0 Å². The van der Waals surface area contributed by atoms with Crippen molar-refractivity contribution < 1.29 is 4.79 Å². The number of hydrogen-bond acceptors (Lipinski definition) is 3. The Hall–Kier alpha value is -1.27. The summed E-state index contributed by atoms with van der Waals surface area (Å²) in [5, 5.41) is 5.76. The molecule has 2 heterocycles. The molecular formula is C18H21Cl3N4O. The summed E-state index contributed by atoms with van der Waals surface area (Å²) in [5.41, 5.74) is 9.47. The maximum atomic E-state index is 13.0. The number of halogens is 3. The third-order valence-electron chi connectivity index (χ3n) is 5.02. The Morgan fingerprint density at radius 2 is 2.04 bits per heavy atom. The molecule has 1 saturated heterocycles. The molecule has 0 saturated carbocycles. The minimum atomic E-state index is -0.0165. The lowest BCUT2D eigenvalue weighted by Crippen LogP contribution is -2.46. The van der Waals surface area contributed by atoms with E-state index in [9.17, 15) is 4.79 Å². The lowest BCUT2D eigenvalue weighted by atomic mass is 10.1. The Balaban J connectivity index is 0.00000196. The first-order chi connectivity index (χ1) is 12.0. The molecule has 1 fully saturated rings. The van der Waals surface area contributed by atoms with Crippen molar-refractivity contribution in [2.24, 2.45) is 5.73 Å².